The Morgan fingerprint density at radius 1 is 1.53 bits per heavy atom. The van der Waals surface area contributed by atoms with Gasteiger partial charge in [-0.3, -0.25) is 4.79 Å². The molecule has 1 aromatic rings. The lowest BCUT2D eigenvalue weighted by Gasteiger charge is -2.19. The zero-order chi connectivity index (χ0) is 12.8. The summed E-state index contributed by atoms with van der Waals surface area (Å²) in [6.45, 7) is 5.61. The number of rotatable bonds is 2. The molecule has 4 heteroatoms. The minimum Gasteiger partial charge on any atom is -0.487 e. The lowest BCUT2D eigenvalue weighted by atomic mass is 9.95. The highest BCUT2D eigenvalue weighted by molar-refractivity contribution is 6.30. The molecule has 1 N–H and O–H groups in total. The van der Waals surface area contributed by atoms with Crippen molar-refractivity contribution in [2.24, 2.45) is 0 Å². The fraction of sp³-hybridized carbons (Fsp3) is 0.462. The van der Waals surface area contributed by atoms with Crippen LogP contribution in [0, 0.1) is 0 Å². The number of halogens is 1. The number of carbonyl (C=O) groups is 1. The van der Waals surface area contributed by atoms with Crippen LogP contribution in [0.15, 0.2) is 12.1 Å². The molecule has 0 amide bonds. The summed E-state index contributed by atoms with van der Waals surface area (Å²) >= 11 is 6.02. The highest BCUT2D eigenvalue weighted by Crippen LogP contribution is 2.42. The Kier molecular flexibility index (Phi) is 2.82. The molecular weight excluding hydrogens is 240 g/mol. The summed E-state index contributed by atoms with van der Waals surface area (Å²) in [4.78, 5) is 11.1. The van der Waals surface area contributed by atoms with Crippen molar-refractivity contribution in [1.82, 2.24) is 0 Å². The van der Waals surface area contributed by atoms with Gasteiger partial charge in [-0.2, -0.15) is 0 Å². The third kappa shape index (κ3) is 2.25. The Hall–Kier alpha value is -1.22. The van der Waals surface area contributed by atoms with Gasteiger partial charge < -0.3 is 9.84 Å². The van der Waals surface area contributed by atoms with E-state index in [0.717, 1.165) is 12.0 Å². The molecule has 3 nitrogen and oxygen atoms in total. The van der Waals surface area contributed by atoms with Crippen molar-refractivity contribution in [3.63, 3.8) is 0 Å². The predicted octanol–water partition coefficient (Wildman–Crippen LogP) is 3.24. The molecule has 0 saturated heterocycles. The molecule has 1 unspecified atom stereocenters. The molecule has 0 fully saturated rings. The second-order valence-electron chi connectivity index (χ2n) is 5.08. The molecule has 0 radical (unpaired) electrons. The Labute approximate surface area is 105 Å². The smallest absolute Gasteiger partial charge is 0.310 e. The van der Waals surface area contributed by atoms with Crippen LogP contribution in [0.4, 0.5) is 0 Å². The maximum atomic E-state index is 11.1. The first kappa shape index (κ1) is 12.2. The number of carboxylic acid groups (broad SMARTS) is 1. The molecule has 2 rings (SSSR count). The molecule has 1 atom stereocenters. The Bertz CT molecular complexity index is 480. The summed E-state index contributed by atoms with van der Waals surface area (Å²) in [5.41, 5.74) is 1.36. The molecule has 0 aliphatic carbocycles. The summed E-state index contributed by atoms with van der Waals surface area (Å²) in [5.74, 6) is -0.798. The van der Waals surface area contributed by atoms with Crippen LogP contribution >= 0.6 is 11.6 Å². The van der Waals surface area contributed by atoms with E-state index in [1.54, 1.807) is 13.0 Å². The lowest BCUT2D eigenvalue weighted by molar-refractivity contribution is -0.138. The highest BCUT2D eigenvalue weighted by Gasteiger charge is 2.34. The molecule has 0 bridgehead atoms. The number of fused-ring (bicyclic) bond motifs is 1. The van der Waals surface area contributed by atoms with E-state index in [-0.39, 0.29) is 5.60 Å². The van der Waals surface area contributed by atoms with Crippen LogP contribution in [-0.4, -0.2) is 16.7 Å². The first-order valence-electron chi connectivity index (χ1n) is 5.54. The zero-order valence-corrected chi connectivity index (χ0v) is 10.8. The summed E-state index contributed by atoms with van der Waals surface area (Å²) in [6.07, 6.45) is 0.752. The molecule has 1 aliphatic heterocycles. The number of ether oxygens (including phenoxy) is 1. The van der Waals surface area contributed by atoms with E-state index in [1.807, 2.05) is 19.9 Å². The van der Waals surface area contributed by atoms with Gasteiger partial charge in [0.2, 0.25) is 0 Å². The van der Waals surface area contributed by atoms with Gasteiger partial charge in [-0.25, -0.2) is 0 Å². The summed E-state index contributed by atoms with van der Waals surface area (Å²) in [5, 5.41) is 9.65. The molecule has 0 saturated carbocycles. The van der Waals surface area contributed by atoms with E-state index in [0.29, 0.717) is 16.3 Å². The average Bonchev–Trinajstić information content (AvgIpc) is 2.49. The first-order valence-corrected chi connectivity index (χ1v) is 5.92. The molecule has 0 aromatic heterocycles. The number of aliphatic carboxylic acids is 1. The second-order valence-corrected chi connectivity index (χ2v) is 5.52. The van der Waals surface area contributed by atoms with Crippen molar-refractivity contribution in [1.29, 1.82) is 0 Å². The van der Waals surface area contributed by atoms with Gasteiger partial charge in [-0.15, -0.1) is 0 Å². The maximum absolute atomic E-state index is 11.1. The van der Waals surface area contributed by atoms with Crippen molar-refractivity contribution in [3.05, 3.63) is 28.3 Å². The molecule has 1 heterocycles. The quantitative estimate of drug-likeness (QED) is 0.881. The second kappa shape index (κ2) is 3.91. The van der Waals surface area contributed by atoms with Crippen LogP contribution in [0.2, 0.25) is 5.02 Å². The number of carboxylic acids is 1. The van der Waals surface area contributed by atoms with Crippen molar-refractivity contribution >= 4 is 17.6 Å². The molecule has 0 spiro atoms. The van der Waals surface area contributed by atoms with Crippen molar-refractivity contribution < 1.29 is 14.6 Å². The van der Waals surface area contributed by atoms with Gasteiger partial charge in [-0.05, 0) is 38.5 Å². The Balaban J connectivity index is 2.52. The van der Waals surface area contributed by atoms with Gasteiger partial charge in [-0.1, -0.05) is 11.6 Å². The van der Waals surface area contributed by atoms with Crippen LogP contribution in [-0.2, 0) is 11.2 Å². The molecule has 92 valence electrons. The minimum absolute atomic E-state index is 0.292. The van der Waals surface area contributed by atoms with Gasteiger partial charge >= 0.3 is 5.97 Å². The highest BCUT2D eigenvalue weighted by atomic mass is 35.5. The topological polar surface area (TPSA) is 46.5 Å². The van der Waals surface area contributed by atoms with E-state index in [9.17, 15) is 4.79 Å². The van der Waals surface area contributed by atoms with Crippen LogP contribution in [0.25, 0.3) is 0 Å². The van der Waals surface area contributed by atoms with Crippen LogP contribution in [0.3, 0.4) is 0 Å². The van der Waals surface area contributed by atoms with Crippen molar-refractivity contribution in [3.8, 4) is 5.75 Å². The van der Waals surface area contributed by atoms with E-state index in [1.165, 1.54) is 0 Å². The third-order valence-corrected chi connectivity index (χ3v) is 3.21. The van der Waals surface area contributed by atoms with E-state index in [2.05, 4.69) is 0 Å². The van der Waals surface area contributed by atoms with Gasteiger partial charge in [0.15, 0.2) is 0 Å². The summed E-state index contributed by atoms with van der Waals surface area (Å²) in [6, 6.07) is 3.53. The Morgan fingerprint density at radius 3 is 2.76 bits per heavy atom. The monoisotopic (exact) mass is 254 g/mol. The normalized spacial score (nSPS) is 18.4. The van der Waals surface area contributed by atoms with Crippen LogP contribution in [0.5, 0.6) is 5.75 Å². The predicted molar refractivity (Wildman–Crippen MR) is 65.9 cm³/mol. The summed E-state index contributed by atoms with van der Waals surface area (Å²) < 4.78 is 5.83. The van der Waals surface area contributed by atoms with Crippen LogP contribution < -0.4 is 4.74 Å². The maximum Gasteiger partial charge on any atom is 0.310 e. The standard InChI is InChI=1S/C13H15ClO3/c1-7(12(15)16)10-5-9(14)4-8-6-13(2,3)17-11(8)10/h4-5,7H,6H2,1-3H3,(H,15,16). The minimum atomic E-state index is -0.872. The molecular formula is C13H15ClO3. The van der Waals surface area contributed by atoms with E-state index in [4.69, 9.17) is 21.4 Å². The fourth-order valence-electron chi connectivity index (χ4n) is 2.15. The van der Waals surface area contributed by atoms with Gasteiger partial charge in [0.05, 0.1) is 5.92 Å². The SMILES string of the molecule is CC(C(=O)O)c1cc(Cl)cc2c1OC(C)(C)C2. The van der Waals surface area contributed by atoms with Gasteiger partial charge in [0.1, 0.15) is 11.4 Å². The van der Waals surface area contributed by atoms with Gasteiger partial charge in [0, 0.05) is 17.0 Å². The van der Waals surface area contributed by atoms with Crippen molar-refractivity contribution in [2.45, 2.75) is 38.7 Å². The van der Waals surface area contributed by atoms with Crippen molar-refractivity contribution in [2.75, 3.05) is 0 Å². The number of hydrogen-bond donors (Lipinski definition) is 1. The van der Waals surface area contributed by atoms with Gasteiger partial charge in [0.25, 0.3) is 0 Å². The summed E-state index contributed by atoms with van der Waals surface area (Å²) in [7, 11) is 0. The van der Waals surface area contributed by atoms with E-state index >= 15 is 0 Å². The largest absolute Gasteiger partial charge is 0.487 e. The van der Waals surface area contributed by atoms with E-state index < -0.39 is 11.9 Å². The molecule has 17 heavy (non-hydrogen) atoms. The number of benzene rings is 1. The average molecular weight is 255 g/mol. The molecule has 1 aliphatic rings. The first-order chi connectivity index (χ1) is 7.80. The Morgan fingerprint density at radius 2 is 2.18 bits per heavy atom. The fourth-order valence-corrected chi connectivity index (χ4v) is 2.40. The zero-order valence-electron chi connectivity index (χ0n) is 10.1. The van der Waals surface area contributed by atoms with Crippen LogP contribution in [0.1, 0.15) is 37.8 Å². The lowest BCUT2D eigenvalue weighted by Crippen LogP contribution is -2.25. The number of hydrogen-bond acceptors (Lipinski definition) is 2. The third-order valence-electron chi connectivity index (χ3n) is 2.99. The molecule has 1 aromatic carbocycles.